The molecule has 1 fully saturated rings. The highest BCUT2D eigenvalue weighted by atomic mass is 19.1. The Morgan fingerprint density at radius 2 is 2.24 bits per heavy atom. The monoisotopic (exact) mass is 235 g/mol. The van der Waals surface area contributed by atoms with E-state index in [4.69, 9.17) is 0 Å². The van der Waals surface area contributed by atoms with Crippen molar-refractivity contribution in [2.75, 3.05) is 7.05 Å². The predicted molar refractivity (Wildman–Crippen MR) is 65.1 cm³/mol. The number of benzene rings is 1. The van der Waals surface area contributed by atoms with E-state index in [0.29, 0.717) is 18.7 Å². The van der Waals surface area contributed by atoms with Crippen molar-refractivity contribution >= 4 is 5.78 Å². The third-order valence-electron chi connectivity index (χ3n) is 3.38. The number of rotatable bonds is 3. The zero-order valence-corrected chi connectivity index (χ0v) is 10.2. The van der Waals surface area contributed by atoms with Gasteiger partial charge in [0.05, 0.1) is 6.04 Å². The van der Waals surface area contributed by atoms with E-state index in [1.165, 1.54) is 12.1 Å². The third kappa shape index (κ3) is 3.13. The number of hydrogen-bond donors (Lipinski definition) is 0. The summed E-state index contributed by atoms with van der Waals surface area (Å²) in [7, 11) is 1.94. The molecule has 0 bridgehead atoms. The molecule has 17 heavy (non-hydrogen) atoms. The smallest absolute Gasteiger partial charge is 0.149 e. The fourth-order valence-electron chi connectivity index (χ4n) is 2.46. The summed E-state index contributed by atoms with van der Waals surface area (Å²) in [5.74, 6) is 0.112. The fourth-order valence-corrected chi connectivity index (χ4v) is 2.46. The van der Waals surface area contributed by atoms with Gasteiger partial charge in [-0.1, -0.05) is 18.6 Å². The summed E-state index contributed by atoms with van der Waals surface area (Å²) in [4.78, 5) is 13.8. The van der Waals surface area contributed by atoms with Crippen LogP contribution in [0, 0.1) is 5.82 Å². The molecule has 0 radical (unpaired) electrons. The van der Waals surface area contributed by atoms with Gasteiger partial charge in [-0.05, 0) is 37.6 Å². The SMILES string of the molecule is CN(Cc1cccc(F)c1)C1CCCCC1=O. The Morgan fingerprint density at radius 1 is 1.41 bits per heavy atom. The molecule has 2 nitrogen and oxygen atoms in total. The molecular weight excluding hydrogens is 217 g/mol. The lowest BCUT2D eigenvalue weighted by atomic mass is 9.93. The molecule has 1 aliphatic carbocycles. The predicted octanol–water partition coefficient (Wildman–Crippen LogP) is 2.77. The van der Waals surface area contributed by atoms with Crippen LogP contribution in [-0.4, -0.2) is 23.8 Å². The van der Waals surface area contributed by atoms with Crippen LogP contribution in [0.3, 0.4) is 0 Å². The van der Waals surface area contributed by atoms with Gasteiger partial charge >= 0.3 is 0 Å². The van der Waals surface area contributed by atoms with Gasteiger partial charge in [-0.25, -0.2) is 4.39 Å². The summed E-state index contributed by atoms with van der Waals surface area (Å²) < 4.78 is 13.1. The average Bonchev–Trinajstić information content (AvgIpc) is 2.29. The lowest BCUT2D eigenvalue weighted by molar-refractivity contribution is -0.125. The summed E-state index contributed by atoms with van der Waals surface area (Å²) >= 11 is 0. The van der Waals surface area contributed by atoms with E-state index in [1.807, 2.05) is 18.0 Å². The van der Waals surface area contributed by atoms with Crippen LogP contribution in [0.1, 0.15) is 31.2 Å². The highest BCUT2D eigenvalue weighted by Gasteiger charge is 2.25. The number of halogens is 1. The molecule has 0 N–H and O–H groups in total. The quantitative estimate of drug-likeness (QED) is 0.803. The molecule has 1 unspecified atom stereocenters. The van der Waals surface area contributed by atoms with E-state index in [2.05, 4.69) is 0 Å². The van der Waals surface area contributed by atoms with Crippen LogP contribution in [0.25, 0.3) is 0 Å². The molecule has 3 heteroatoms. The Kier molecular flexibility index (Phi) is 3.89. The molecule has 1 saturated carbocycles. The van der Waals surface area contributed by atoms with Gasteiger partial charge in [0.1, 0.15) is 11.6 Å². The van der Waals surface area contributed by atoms with Crippen LogP contribution >= 0.6 is 0 Å². The van der Waals surface area contributed by atoms with Crippen molar-refractivity contribution in [3.8, 4) is 0 Å². The summed E-state index contributed by atoms with van der Waals surface area (Å²) in [5, 5.41) is 0. The molecule has 0 spiro atoms. The second-order valence-corrected chi connectivity index (χ2v) is 4.77. The van der Waals surface area contributed by atoms with E-state index >= 15 is 0 Å². The molecule has 0 heterocycles. The van der Waals surface area contributed by atoms with Gasteiger partial charge in [0, 0.05) is 13.0 Å². The average molecular weight is 235 g/mol. The van der Waals surface area contributed by atoms with Crippen molar-refractivity contribution in [3.63, 3.8) is 0 Å². The van der Waals surface area contributed by atoms with Gasteiger partial charge in [0.15, 0.2) is 0 Å². The Balaban J connectivity index is 2.00. The number of likely N-dealkylation sites (N-methyl/N-ethyl adjacent to an activating group) is 1. The van der Waals surface area contributed by atoms with Crippen LogP contribution in [-0.2, 0) is 11.3 Å². The van der Waals surface area contributed by atoms with Crippen molar-refractivity contribution in [1.82, 2.24) is 4.90 Å². The first kappa shape index (κ1) is 12.2. The number of Topliss-reactive ketones (excluding diaryl/α,β-unsaturated/α-hetero) is 1. The van der Waals surface area contributed by atoms with Gasteiger partial charge in [-0.2, -0.15) is 0 Å². The number of nitrogens with zero attached hydrogens (tertiary/aromatic N) is 1. The van der Waals surface area contributed by atoms with E-state index in [0.717, 1.165) is 24.8 Å². The third-order valence-corrected chi connectivity index (χ3v) is 3.38. The summed E-state index contributed by atoms with van der Waals surface area (Å²) in [5.41, 5.74) is 0.922. The van der Waals surface area contributed by atoms with Gasteiger partial charge < -0.3 is 0 Å². The van der Waals surface area contributed by atoms with Crippen LogP contribution < -0.4 is 0 Å². The lowest BCUT2D eigenvalue weighted by Crippen LogP contribution is -2.39. The van der Waals surface area contributed by atoms with Gasteiger partial charge in [-0.15, -0.1) is 0 Å². The second-order valence-electron chi connectivity index (χ2n) is 4.77. The summed E-state index contributed by atoms with van der Waals surface area (Å²) in [6.45, 7) is 0.633. The maximum absolute atomic E-state index is 13.1. The summed E-state index contributed by atoms with van der Waals surface area (Å²) in [6.07, 6.45) is 3.76. The highest BCUT2D eigenvalue weighted by molar-refractivity contribution is 5.84. The Hall–Kier alpha value is -1.22. The fraction of sp³-hybridized carbons (Fsp3) is 0.500. The largest absolute Gasteiger partial charge is 0.298 e. The molecule has 1 aromatic carbocycles. The van der Waals surface area contributed by atoms with Crippen LogP contribution in [0.2, 0.25) is 0 Å². The normalized spacial score (nSPS) is 20.9. The Labute approximate surface area is 101 Å². The molecule has 0 aromatic heterocycles. The minimum Gasteiger partial charge on any atom is -0.298 e. The van der Waals surface area contributed by atoms with Crippen molar-refractivity contribution in [3.05, 3.63) is 35.6 Å². The van der Waals surface area contributed by atoms with Gasteiger partial charge in [-0.3, -0.25) is 9.69 Å². The summed E-state index contributed by atoms with van der Waals surface area (Å²) in [6, 6.07) is 6.60. The van der Waals surface area contributed by atoms with Crippen molar-refractivity contribution < 1.29 is 9.18 Å². The highest BCUT2D eigenvalue weighted by Crippen LogP contribution is 2.20. The zero-order chi connectivity index (χ0) is 12.3. The zero-order valence-electron chi connectivity index (χ0n) is 10.2. The molecule has 2 rings (SSSR count). The van der Waals surface area contributed by atoms with Crippen LogP contribution in [0.5, 0.6) is 0 Å². The molecule has 1 aliphatic rings. The molecule has 92 valence electrons. The molecular formula is C14H18FNO. The topological polar surface area (TPSA) is 20.3 Å². The van der Waals surface area contributed by atoms with Crippen molar-refractivity contribution in [2.45, 2.75) is 38.3 Å². The first-order chi connectivity index (χ1) is 8.16. The minimum absolute atomic E-state index is 0.0204. The Morgan fingerprint density at radius 3 is 2.94 bits per heavy atom. The number of ketones is 1. The van der Waals surface area contributed by atoms with E-state index < -0.39 is 0 Å². The second kappa shape index (κ2) is 5.41. The van der Waals surface area contributed by atoms with Crippen molar-refractivity contribution in [1.29, 1.82) is 0 Å². The van der Waals surface area contributed by atoms with E-state index in [-0.39, 0.29) is 11.9 Å². The molecule has 1 atom stereocenters. The maximum atomic E-state index is 13.1. The molecule has 0 saturated heterocycles. The Bertz CT molecular complexity index is 405. The van der Waals surface area contributed by atoms with Gasteiger partial charge in [0.25, 0.3) is 0 Å². The first-order valence-electron chi connectivity index (χ1n) is 6.14. The molecule has 0 aliphatic heterocycles. The molecule has 1 aromatic rings. The van der Waals surface area contributed by atoms with E-state index in [1.54, 1.807) is 6.07 Å². The standard InChI is InChI=1S/C14H18FNO/c1-16(13-7-2-3-8-14(13)17)10-11-5-4-6-12(15)9-11/h4-6,9,13H,2-3,7-8,10H2,1H3. The minimum atomic E-state index is -0.217. The number of hydrogen-bond acceptors (Lipinski definition) is 2. The number of carbonyl (C=O) groups is 1. The van der Waals surface area contributed by atoms with Gasteiger partial charge in [0.2, 0.25) is 0 Å². The lowest BCUT2D eigenvalue weighted by Gasteiger charge is -2.29. The van der Waals surface area contributed by atoms with E-state index in [9.17, 15) is 9.18 Å². The van der Waals surface area contributed by atoms with Crippen LogP contribution in [0.15, 0.2) is 24.3 Å². The van der Waals surface area contributed by atoms with Crippen molar-refractivity contribution in [2.24, 2.45) is 0 Å². The van der Waals surface area contributed by atoms with Crippen LogP contribution in [0.4, 0.5) is 4.39 Å². The first-order valence-corrected chi connectivity index (χ1v) is 6.14. The molecule has 0 amide bonds. The number of carbonyl (C=O) groups excluding carboxylic acids is 1. The maximum Gasteiger partial charge on any atom is 0.149 e.